The number of halogens is 1. The summed E-state index contributed by atoms with van der Waals surface area (Å²) in [6.45, 7) is 0. The monoisotopic (exact) mass is 248 g/mol. The van der Waals surface area contributed by atoms with Gasteiger partial charge in [-0.1, -0.05) is 11.6 Å². The minimum atomic E-state index is -0.282. The van der Waals surface area contributed by atoms with Crippen molar-refractivity contribution in [2.45, 2.75) is 12.5 Å². The summed E-state index contributed by atoms with van der Waals surface area (Å²) in [5, 5.41) is 0.572. The van der Waals surface area contributed by atoms with Gasteiger partial charge in [0, 0.05) is 24.3 Å². The topological polar surface area (TPSA) is 77.8 Å². The maximum absolute atomic E-state index is 6.07. The summed E-state index contributed by atoms with van der Waals surface area (Å²) in [4.78, 5) is 8.21. The van der Waals surface area contributed by atoms with E-state index in [0.29, 0.717) is 22.8 Å². The number of anilines is 1. The van der Waals surface area contributed by atoms with Crippen molar-refractivity contribution in [1.29, 1.82) is 0 Å². The zero-order chi connectivity index (χ0) is 12.3. The first-order valence-electron chi connectivity index (χ1n) is 5.23. The molecule has 2 rings (SSSR count). The van der Waals surface area contributed by atoms with Gasteiger partial charge in [0.05, 0.1) is 16.8 Å². The summed E-state index contributed by atoms with van der Waals surface area (Å²) in [6, 6.07) is 5.02. The predicted molar refractivity (Wildman–Crippen MR) is 68.5 cm³/mol. The van der Waals surface area contributed by atoms with Crippen LogP contribution >= 0.6 is 11.6 Å². The second-order valence-corrected chi connectivity index (χ2v) is 4.16. The Labute approximate surface area is 105 Å². The van der Waals surface area contributed by atoms with Crippen LogP contribution in [0.25, 0.3) is 0 Å². The van der Waals surface area contributed by atoms with Gasteiger partial charge in [0.25, 0.3) is 0 Å². The van der Waals surface area contributed by atoms with Crippen LogP contribution in [-0.2, 0) is 6.42 Å². The summed E-state index contributed by atoms with van der Waals surface area (Å²) in [7, 11) is 0. The molecule has 0 aromatic carbocycles. The fourth-order valence-electron chi connectivity index (χ4n) is 1.61. The second-order valence-electron chi connectivity index (χ2n) is 3.76. The van der Waals surface area contributed by atoms with Crippen LogP contribution in [0, 0.1) is 0 Å². The number of nitrogens with zero attached hydrogens (tertiary/aromatic N) is 2. The van der Waals surface area contributed by atoms with Crippen molar-refractivity contribution in [3.05, 3.63) is 53.1 Å². The summed E-state index contributed by atoms with van der Waals surface area (Å²) < 4.78 is 0. The lowest BCUT2D eigenvalue weighted by atomic mass is 10.0. The predicted octanol–water partition coefficient (Wildman–Crippen LogP) is 1.95. The van der Waals surface area contributed by atoms with E-state index in [2.05, 4.69) is 9.97 Å². The van der Waals surface area contributed by atoms with Crippen molar-refractivity contribution >= 4 is 17.3 Å². The lowest BCUT2D eigenvalue weighted by Crippen LogP contribution is -2.16. The third-order valence-corrected chi connectivity index (χ3v) is 2.84. The number of pyridine rings is 2. The number of nitrogen functional groups attached to an aromatic ring is 1. The smallest absolute Gasteiger partial charge is 0.0760 e. The lowest BCUT2D eigenvalue weighted by Gasteiger charge is -2.13. The third kappa shape index (κ3) is 2.72. The summed E-state index contributed by atoms with van der Waals surface area (Å²) in [5.74, 6) is 0. The molecule has 0 fully saturated rings. The van der Waals surface area contributed by atoms with Crippen LogP contribution in [-0.4, -0.2) is 9.97 Å². The molecule has 5 heteroatoms. The lowest BCUT2D eigenvalue weighted by molar-refractivity contribution is 0.696. The molecule has 1 atom stereocenters. The number of hydrogen-bond acceptors (Lipinski definition) is 4. The summed E-state index contributed by atoms with van der Waals surface area (Å²) >= 11 is 6.04. The van der Waals surface area contributed by atoms with Crippen molar-refractivity contribution in [2.75, 3.05) is 5.73 Å². The van der Waals surface area contributed by atoms with Crippen molar-refractivity contribution in [1.82, 2.24) is 9.97 Å². The van der Waals surface area contributed by atoms with E-state index >= 15 is 0 Å². The first kappa shape index (κ1) is 11.8. The fraction of sp³-hybridized carbons (Fsp3) is 0.167. The van der Waals surface area contributed by atoms with E-state index in [1.165, 1.54) is 0 Å². The molecule has 0 saturated carbocycles. The molecule has 2 aromatic rings. The summed E-state index contributed by atoms with van der Waals surface area (Å²) in [6.07, 6.45) is 5.61. The highest BCUT2D eigenvalue weighted by Crippen LogP contribution is 2.23. The van der Waals surface area contributed by atoms with Crippen LogP contribution in [0.2, 0.25) is 5.02 Å². The molecule has 17 heavy (non-hydrogen) atoms. The highest BCUT2D eigenvalue weighted by atomic mass is 35.5. The number of nitrogens with two attached hydrogens (primary N) is 2. The molecule has 2 heterocycles. The molecule has 4 N–H and O–H groups in total. The van der Waals surface area contributed by atoms with E-state index in [0.717, 1.165) is 5.56 Å². The first-order chi connectivity index (χ1) is 8.18. The van der Waals surface area contributed by atoms with Gasteiger partial charge in [-0.2, -0.15) is 0 Å². The Balaban J connectivity index is 2.20. The van der Waals surface area contributed by atoms with Gasteiger partial charge < -0.3 is 11.5 Å². The van der Waals surface area contributed by atoms with Crippen LogP contribution < -0.4 is 11.5 Å². The minimum Gasteiger partial charge on any atom is -0.398 e. The molecular formula is C12H13ClN4. The molecule has 2 aromatic heterocycles. The zero-order valence-electron chi connectivity index (χ0n) is 9.18. The van der Waals surface area contributed by atoms with Gasteiger partial charge in [-0.25, -0.2) is 0 Å². The average molecular weight is 249 g/mol. The van der Waals surface area contributed by atoms with Crippen molar-refractivity contribution in [3.8, 4) is 0 Å². The highest BCUT2D eigenvalue weighted by molar-refractivity contribution is 6.31. The van der Waals surface area contributed by atoms with E-state index in [9.17, 15) is 0 Å². The summed E-state index contributed by atoms with van der Waals surface area (Å²) in [5.41, 5.74) is 14.2. The van der Waals surface area contributed by atoms with Crippen LogP contribution in [0.1, 0.15) is 17.3 Å². The second kappa shape index (κ2) is 5.12. The maximum Gasteiger partial charge on any atom is 0.0760 e. The molecule has 0 amide bonds. The number of rotatable bonds is 3. The molecule has 0 aliphatic rings. The van der Waals surface area contributed by atoms with Gasteiger partial charge in [0.15, 0.2) is 0 Å². The quantitative estimate of drug-likeness (QED) is 0.870. The molecule has 0 spiro atoms. The van der Waals surface area contributed by atoms with Crippen LogP contribution in [0.3, 0.4) is 0 Å². The van der Waals surface area contributed by atoms with Crippen LogP contribution in [0.15, 0.2) is 36.8 Å². The fourth-order valence-corrected chi connectivity index (χ4v) is 1.87. The largest absolute Gasteiger partial charge is 0.398 e. The van der Waals surface area contributed by atoms with Gasteiger partial charge in [0.1, 0.15) is 0 Å². The van der Waals surface area contributed by atoms with Crippen molar-refractivity contribution < 1.29 is 0 Å². The molecular weight excluding hydrogens is 236 g/mol. The highest BCUT2D eigenvalue weighted by Gasteiger charge is 2.13. The van der Waals surface area contributed by atoms with Gasteiger partial charge >= 0.3 is 0 Å². The SMILES string of the molecule is Nc1ccncc1CC(N)c1ncccc1Cl. The zero-order valence-corrected chi connectivity index (χ0v) is 9.93. The molecule has 4 nitrogen and oxygen atoms in total. The van der Waals surface area contributed by atoms with Gasteiger partial charge in [-0.15, -0.1) is 0 Å². The van der Waals surface area contributed by atoms with Gasteiger partial charge in [-0.3, -0.25) is 9.97 Å². The van der Waals surface area contributed by atoms with Gasteiger partial charge in [0.2, 0.25) is 0 Å². The molecule has 0 radical (unpaired) electrons. The van der Waals surface area contributed by atoms with E-state index in [4.69, 9.17) is 23.1 Å². The van der Waals surface area contributed by atoms with E-state index < -0.39 is 0 Å². The normalized spacial score (nSPS) is 12.4. The standard InChI is InChI=1S/C12H13ClN4/c13-9-2-1-4-17-12(9)11(15)6-8-7-16-5-3-10(8)14/h1-5,7,11H,6,15H2,(H2,14,16). The Hall–Kier alpha value is -1.65. The Morgan fingerprint density at radius 2 is 2.12 bits per heavy atom. The Bertz CT molecular complexity index is 515. The molecule has 0 bridgehead atoms. The average Bonchev–Trinajstić information content (AvgIpc) is 2.32. The molecule has 0 saturated heterocycles. The maximum atomic E-state index is 6.07. The third-order valence-electron chi connectivity index (χ3n) is 2.52. The molecule has 1 unspecified atom stereocenters. The van der Waals surface area contributed by atoms with Crippen LogP contribution in [0.4, 0.5) is 5.69 Å². The number of hydrogen-bond donors (Lipinski definition) is 2. The Kier molecular flexibility index (Phi) is 3.56. The minimum absolute atomic E-state index is 0.282. The van der Waals surface area contributed by atoms with E-state index in [1.807, 2.05) is 0 Å². The first-order valence-corrected chi connectivity index (χ1v) is 5.60. The van der Waals surface area contributed by atoms with Gasteiger partial charge in [-0.05, 0) is 30.2 Å². The van der Waals surface area contributed by atoms with Crippen molar-refractivity contribution in [3.63, 3.8) is 0 Å². The number of aromatic nitrogens is 2. The Morgan fingerprint density at radius 1 is 1.29 bits per heavy atom. The molecule has 0 aliphatic carbocycles. The molecule has 88 valence electrons. The van der Waals surface area contributed by atoms with E-state index in [1.54, 1.807) is 36.8 Å². The molecule has 0 aliphatic heterocycles. The van der Waals surface area contributed by atoms with Crippen molar-refractivity contribution in [2.24, 2.45) is 5.73 Å². The Morgan fingerprint density at radius 3 is 2.82 bits per heavy atom. The van der Waals surface area contributed by atoms with Crippen LogP contribution in [0.5, 0.6) is 0 Å². The van der Waals surface area contributed by atoms with E-state index in [-0.39, 0.29) is 6.04 Å².